The number of halogens is 1. The molecule has 0 aliphatic heterocycles. The summed E-state index contributed by atoms with van der Waals surface area (Å²) in [6.07, 6.45) is 0. The fraction of sp³-hybridized carbons (Fsp3) is 0. The third kappa shape index (κ3) is 78.4. The molecule has 0 radical (unpaired) electrons. The monoisotopic (exact) mass is 250 g/mol. The second kappa shape index (κ2) is 5.98. The van der Waals surface area contributed by atoms with Crippen molar-refractivity contribution in [2.45, 2.75) is 0 Å². The first-order chi connectivity index (χ1) is 2.00. The second-order valence-electron chi connectivity index (χ2n) is 0.448. The Balaban J connectivity index is -0.0000000800. The average Bonchev–Trinajstić information content (AvgIpc) is 0.722. The molecule has 0 bridgehead atoms. The summed E-state index contributed by atoms with van der Waals surface area (Å²) in [6.45, 7) is 0. The van der Waals surface area contributed by atoms with Crippen molar-refractivity contribution in [3.8, 4) is 0 Å². The fourth-order valence-corrected chi connectivity index (χ4v) is 0. The molecule has 0 saturated heterocycles. The van der Waals surface area contributed by atoms with E-state index in [4.69, 9.17) is 17.5 Å². The Morgan fingerprint density at radius 3 is 1.14 bits per heavy atom. The van der Waals surface area contributed by atoms with E-state index >= 15 is 0 Å². The van der Waals surface area contributed by atoms with Crippen molar-refractivity contribution < 1.29 is 91.1 Å². The second-order valence-corrected chi connectivity index (χ2v) is 1.34. The molecule has 0 aromatic carbocycles. The van der Waals surface area contributed by atoms with Crippen LogP contribution in [0.2, 0.25) is 0 Å². The summed E-state index contributed by atoms with van der Waals surface area (Å²) in [5.41, 5.74) is 0. The van der Waals surface area contributed by atoms with Crippen molar-refractivity contribution >= 4 is 10.4 Å². The van der Waals surface area contributed by atoms with Crippen molar-refractivity contribution in [2.24, 2.45) is 0 Å². The van der Waals surface area contributed by atoms with Gasteiger partial charge < -0.3 is 4.70 Å². The molecule has 0 aliphatic carbocycles. The Kier molecular flexibility index (Phi) is 13.6. The molecule has 4 nitrogen and oxygen atoms in total. The quantitative estimate of drug-likeness (QED) is 0.419. The first-order valence-corrected chi connectivity index (χ1v) is 2.10. The first kappa shape index (κ1) is 15.9. The minimum absolute atomic E-state index is 0. The molecular weight excluding hydrogens is 248 g/mol. The average molecular weight is 250 g/mol. The van der Waals surface area contributed by atoms with Gasteiger partial charge in [0.25, 0.3) is 0 Å². The largest absolute Gasteiger partial charge is 1.00 e. The van der Waals surface area contributed by atoms with Crippen molar-refractivity contribution in [3.63, 3.8) is 0 Å². The predicted octanol–water partition coefficient (Wildman–Crippen LogP) is -6.64. The maximum absolute atomic E-state index is 8.74. The van der Waals surface area contributed by atoms with Crippen LogP contribution in [0.5, 0.6) is 0 Å². The molecule has 0 amide bonds. The zero-order valence-electron chi connectivity index (χ0n) is 3.50. The van der Waals surface area contributed by atoms with Gasteiger partial charge in [-0.15, -0.1) is 0 Å². The van der Waals surface area contributed by atoms with E-state index in [2.05, 4.69) is 0 Å². The molecule has 0 fully saturated rings. The summed E-state index contributed by atoms with van der Waals surface area (Å²) in [6, 6.07) is 0. The molecule has 0 rings (SSSR count). The maximum Gasteiger partial charge on any atom is 1.00 e. The van der Waals surface area contributed by atoms with E-state index in [1.807, 2.05) is 0 Å². The molecule has 0 saturated carbocycles. The van der Waals surface area contributed by atoms with Gasteiger partial charge in [0.15, 0.2) is 0 Å². The molecule has 2 N–H and O–H groups in total. The number of rotatable bonds is 0. The van der Waals surface area contributed by atoms with Gasteiger partial charge in [-0.2, -0.15) is 8.42 Å². The van der Waals surface area contributed by atoms with Crippen LogP contribution in [-0.2, 0) is 10.4 Å². The van der Waals surface area contributed by atoms with E-state index in [1.165, 1.54) is 0 Å². The number of hydrogen-bond acceptors (Lipinski definition) is 2. The Bertz CT molecular complexity index is 94.9. The van der Waals surface area contributed by atoms with E-state index < -0.39 is 10.4 Å². The molecule has 0 atom stereocenters. The molecule has 0 unspecified atom stereocenters. The molecule has 0 heterocycles. The van der Waals surface area contributed by atoms with Crippen LogP contribution >= 0.6 is 0 Å². The van der Waals surface area contributed by atoms with E-state index in [0.29, 0.717) is 0 Å². The zero-order chi connectivity index (χ0) is 4.50. The van der Waals surface area contributed by atoms with Crippen molar-refractivity contribution in [1.29, 1.82) is 0 Å². The Labute approximate surface area is 99.0 Å². The SMILES string of the molecule is O=S(=O)(O)O.[Cs+].[F-]. The maximum atomic E-state index is 8.74. The summed E-state index contributed by atoms with van der Waals surface area (Å²) in [7, 11) is -4.67. The van der Waals surface area contributed by atoms with Gasteiger partial charge >= 0.3 is 79.3 Å². The van der Waals surface area contributed by atoms with Crippen LogP contribution in [0, 0.1) is 0 Å². The first-order valence-electron chi connectivity index (χ1n) is 0.698. The summed E-state index contributed by atoms with van der Waals surface area (Å²) in [5, 5.41) is 0. The standard InChI is InChI=1S/Cs.FH.H2O4S/c;;1-5(2,3)4/h;1H;(H2,1,2,3,4)/q+1;;/p-1. The molecule has 0 spiro atoms. The summed E-state index contributed by atoms with van der Waals surface area (Å²) in [4.78, 5) is 0. The van der Waals surface area contributed by atoms with E-state index in [0.717, 1.165) is 0 Å². The number of hydrogen-bond donors (Lipinski definition) is 2. The van der Waals surface area contributed by atoms with Crippen LogP contribution in [0.15, 0.2) is 0 Å². The van der Waals surface area contributed by atoms with Crippen molar-refractivity contribution in [1.82, 2.24) is 0 Å². The molecule has 0 aromatic heterocycles. The third-order valence-corrected chi connectivity index (χ3v) is 0. The van der Waals surface area contributed by atoms with Crippen LogP contribution in [0.25, 0.3) is 0 Å². The van der Waals surface area contributed by atoms with Gasteiger partial charge in [0.2, 0.25) is 0 Å². The summed E-state index contributed by atoms with van der Waals surface area (Å²) in [5.74, 6) is 0. The Morgan fingerprint density at radius 2 is 1.14 bits per heavy atom. The van der Waals surface area contributed by atoms with E-state index in [9.17, 15) is 0 Å². The van der Waals surface area contributed by atoms with Crippen molar-refractivity contribution in [3.05, 3.63) is 0 Å². The topological polar surface area (TPSA) is 74.6 Å². The minimum Gasteiger partial charge on any atom is -1.00 e. The van der Waals surface area contributed by atoms with Gasteiger partial charge in [-0.25, -0.2) is 0 Å². The van der Waals surface area contributed by atoms with Gasteiger partial charge in [0, 0.05) is 0 Å². The predicted molar refractivity (Wildman–Crippen MR) is 14.2 cm³/mol. The van der Waals surface area contributed by atoms with Gasteiger partial charge in [-0.1, -0.05) is 0 Å². The van der Waals surface area contributed by atoms with Gasteiger partial charge in [-0.05, 0) is 0 Å². The van der Waals surface area contributed by atoms with Crippen LogP contribution < -0.4 is 73.6 Å². The van der Waals surface area contributed by atoms with Crippen LogP contribution in [0.4, 0.5) is 0 Å². The molecule has 40 valence electrons. The van der Waals surface area contributed by atoms with Gasteiger partial charge in [0.05, 0.1) is 0 Å². The molecule has 7 heavy (non-hydrogen) atoms. The summed E-state index contributed by atoms with van der Waals surface area (Å²) < 4.78 is 31.6. The Hall–Kier alpha value is 1.85. The molecule has 0 aliphatic rings. The third-order valence-electron chi connectivity index (χ3n) is 0. The fourth-order valence-electron chi connectivity index (χ4n) is 0. The van der Waals surface area contributed by atoms with E-state index in [1.54, 1.807) is 0 Å². The van der Waals surface area contributed by atoms with Gasteiger partial charge in [0.1, 0.15) is 0 Å². The normalized spacial score (nSPS) is 8.29. The summed E-state index contributed by atoms with van der Waals surface area (Å²) >= 11 is 0. The van der Waals surface area contributed by atoms with Crippen LogP contribution in [0.1, 0.15) is 0 Å². The van der Waals surface area contributed by atoms with Crippen LogP contribution in [-0.4, -0.2) is 17.5 Å². The molecule has 7 heteroatoms. The van der Waals surface area contributed by atoms with E-state index in [-0.39, 0.29) is 73.6 Å². The minimum atomic E-state index is -4.67. The van der Waals surface area contributed by atoms with Crippen LogP contribution in [0.3, 0.4) is 0 Å². The Morgan fingerprint density at radius 1 is 1.14 bits per heavy atom. The smallest absolute Gasteiger partial charge is 1.00 e. The molecule has 0 aromatic rings. The van der Waals surface area contributed by atoms with Crippen molar-refractivity contribution in [2.75, 3.05) is 0 Å². The zero-order valence-corrected chi connectivity index (χ0v) is 10.6. The van der Waals surface area contributed by atoms with Gasteiger partial charge in [-0.3, -0.25) is 9.11 Å². The molecular formula is H2CsFO4S.